The van der Waals surface area contributed by atoms with Gasteiger partial charge in [-0.1, -0.05) is 27.2 Å². The van der Waals surface area contributed by atoms with Crippen LogP contribution in [0.2, 0.25) is 0 Å². The summed E-state index contributed by atoms with van der Waals surface area (Å²) in [5.41, 5.74) is 0.398. The van der Waals surface area contributed by atoms with Crippen LogP contribution in [0.4, 0.5) is 0 Å². The fourth-order valence-corrected chi connectivity index (χ4v) is 4.16. The molecule has 1 aliphatic heterocycles. The third-order valence-corrected chi connectivity index (χ3v) is 6.21. The molecule has 0 N–H and O–H groups in total. The molecule has 1 aliphatic carbocycles. The molecule has 1 saturated heterocycles. The van der Waals surface area contributed by atoms with E-state index >= 15 is 0 Å². The van der Waals surface area contributed by atoms with Gasteiger partial charge in [-0.2, -0.15) is 5.26 Å². The van der Waals surface area contributed by atoms with Gasteiger partial charge in [0.15, 0.2) is 0 Å². The zero-order valence-corrected chi connectivity index (χ0v) is 14.3. The molecule has 3 heteroatoms. The standard InChI is InChI=1S/C18H32N2O/c1-5-18(2,3)15-9-8-14(12-19)17(11-15)20-10-6-7-16(13-20)21-4/h14-17H,5-11,13H2,1-4H3. The molecule has 0 bridgehead atoms. The zero-order valence-electron chi connectivity index (χ0n) is 14.3. The summed E-state index contributed by atoms with van der Waals surface area (Å²) < 4.78 is 5.57. The summed E-state index contributed by atoms with van der Waals surface area (Å²) in [7, 11) is 1.82. The topological polar surface area (TPSA) is 36.3 Å². The maximum Gasteiger partial charge on any atom is 0.0698 e. The largest absolute Gasteiger partial charge is 0.380 e. The zero-order chi connectivity index (χ0) is 15.5. The monoisotopic (exact) mass is 292 g/mol. The van der Waals surface area contributed by atoms with Crippen molar-refractivity contribution in [3.8, 4) is 6.07 Å². The van der Waals surface area contributed by atoms with Gasteiger partial charge < -0.3 is 4.74 Å². The van der Waals surface area contributed by atoms with Crippen LogP contribution in [0, 0.1) is 28.6 Å². The Morgan fingerprint density at radius 3 is 2.67 bits per heavy atom. The Morgan fingerprint density at radius 2 is 2.05 bits per heavy atom. The maximum absolute atomic E-state index is 9.55. The molecule has 2 fully saturated rings. The van der Waals surface area contributed by atoms with Crippen LogP contribution in [-0.2, 0) is 4.74 Å². The third kappa shape index (κ3) is 3.79. The van der Waals surface area contributed by atoms with Gasteiger partial charge in [0.25, 0.3) is 0 Å². The van der Waals surface area contributed by atoms with Crippen LogP contribution in [0.25, 0.3) is 0 Å². The SMILES string of the molecule is CCC(C)(C)C1CCC(C#N)C(N2CCCC(OC)C2)C1. The number of ether oxygens (including phenoxy) is 1. The Labute approximate surface area is 130 Å². The van der Waals surface area contributed by atoms with Crippen LogP contribution in [0.15, 0.2) is 0 Å². The van der Waals surface area contributed by atoms with Gasteiger partial charge in [0.2, 0.25) is 0 Å². The van der Waals surface area contributed by atoms with E-state index in [0.29, 0.717) is 17.6 Å². The van der Waals surface area contributed by atoms with E-state index in [2.05, 4.69) is 31.7 Å². The lowest BCUT2D eigenvalue weighted by atomic mass is 9.65. The van der Waals surface area contributed by atoms with E-state index in [4.69, 9.17) is 4.74 Å². The minimum Gasteiger partial charge on any atom is -0.380 e. The molecule has 2 rings (SSSR count). The molecule has 0 aromatic heterocycles. The first kappa shape index (κ1) is 16.8. The highest BCUT2D eigenvalue weighted by Crippen LogP contribution is 2.43. The Balaban J connectivity index is 2.08. The molecular weight excluding hydrogens is 260 g/mol. The summed E-state index contributed by atoms with van der Waals surface area (Å²) in [5.74, 6) is 0.963. The molecule has 2 aliphatic rings. The normalized spacial score (nSPS) is 35.4. The molecule has 0 aromatic rings. The first-order chi connectivity index (χ1) is 10.0. The fourth-order valence-electron chi connectivity index (χ4n) is 4.16. The number of nitrogens with zero attached hydrogens (tertiary/aromatic N) is 2. The van der Waals surface area contributed by atoms with Crippen molar-refractivity contribution in [2.45, 2.75) is 71.4 Å². The van der Waals surface area contributed by atoms with Crippen LogP contribution in [0.1, 0.15) is 59.3 Å². The van der Waals surface area contributed by atoms with Crippen molar-refractivity contribution in [1.29, 1.82) is 5.26 Å². The van der Waals surface area contributed by atoms with Gasteiger partial charge in [-0.25, -0.2) is 0 Å². The molecule has 0 spiro atoms. The summed E-state index contributed by atoms with van der Waals surface area (Å²) in [6.07, 6.45) is 7.44. The van der Waals surface area contributed by atoms with Gasteiger partial charge in [-0.3, -0.25) is 4.90 Å². The van der Waals surface area contributed by atoms with E-state index in [1.807, 2.05) is 7.11 Å². The minimum atomic E-state index is 0.213. The Kier molecular flexibility index (Phi) is 5.68. The average molecular weight is 292 g/mol. The lowest BCUT2D eigenvalue weighted by Gasteiger charge is -2.47. The fraction of sp³-hybridized carbons (Fsp3) is 0.944. The van der Waals surface area contributed by atoms with E-state index in [0.717, 1.165) is 25.4 Å². The smallest absolute Gasteiger partial charge is 0.0698 e. The predicted octanol–water partition coefficient (Wildman–Crippen LogP) is 3.84. The van der Waals surface area contributed by atoms with Gasteiger partial charge in [-0.05, 0) is 50.0 Å². The highest BCUT2D eigenvalue weighted by atomic mass is 16.5. The van der Waals surface area contributed by atoms with Crippen molar-refractivity contribution in [2.75, 3.05) is 20.2 Å². The molecule has 1 saturated carbocycles. The summed E-state index contributed by atoms with van der Waals surface area (Å²) in [4.78, 5) is 2.56. The van der Waals surface area contributed by atoms with E-state index in [1.54, 1.807) is 0 Å². The van der Waals surface area contributed by atoms with Crippen molar-refractivity contribution in [3.05, 3.63) is 0 Å². The molecule has 120 valence electrons. The minimum absolute atomic E-state index is 0.213. The Morgan fingerprint density at radius 1 is 1.29 bits per heavy atom. The van der Waals surface area contributed by atoms with Gasteiger partial charge >= 0.3 is 0 Å². The average Bonchev–Trinajstić information content (AvgIpc) is 2.54. The lowest BCUT2D eigenvalue weighted by molar-refractivity contribution is -0.0165. The molecule has 1 heterocycles. The second-order valence-corrected chi connectivity index (χ2v) is 7.65. The third-order valence-electron chi connectivity index (χ3n) is 6.21. The van der Waals surface area contributed by atoms with Gasteiger partial charge in [0, 0.05) is 19.7 Å². The van der Waals surface area contributed by atoms with E-state index in [9.17, 15) is 5.26 Å². The molecule has 0 amide bonds. The van der Waals surface area contributed by atoms with Crippen LogP contribution in [0.5, 0.6) is 0 Å². The van der Waals surface area contributed by atoms with Crippen LogP contribution >= 0.6 is 0 Å². The molecular formula is C18H32N2O. The van der Waals surface area contributed by atoms with E-state index < -0.39 is 0 Å². The summed E-state index contributed by atoms with van der Waals surface area (Å²) in [5, 5.41) is 9.55. The van der Waals surface area contributed by atoms with Crippen LogP contribution in [0.3, 0.4) is 0 Å². The van der Waals surface area contributed by atoms with Crippen molar-refractivity contribution < 1.29 is 4.74 Å². The van der Waals surface area contributed by atoms with Crippen molar-refractivity contribution >= 4 is 0 Å². The number of hydrogen-bond acceptors (Lipinski definition) is 3. The summed E-state index contributed by atoms with van der Waals surface area (Å²) >= 11 is 0. The lowest BCUT2D eigenvalue weighted by Crippen LogP contribution is -2.51. The first-order valence-corrected chi connectivity index (χ1v) is 8.68. The Hall–Kier alpha value is -0.590. The number of likely N-dealkylation sites (tertiary alicyclic amines) is 1. The highest BCUT2D eigenvalue weighted by Gasteiger charge is 2.40. The van der Waals surface area contributed by atoms with Gasteiger partial charge in [-0.15, -0.1) is 0 Å². The maximum atomic E-state index is 9.55. The number of nitriles is 1. The van der Waals surface area contributed by atoms with Gasteiger partial charge in [0.1, 0.15) is 0 Å². The summed E-state index contributed by atoms with van der Waals surface area (Å²) in [6, 6.07) is 3.03. The molecule has 4 unspecified atom stereocenters. The predicted molar refractivity (Wildman–Crippen MR) is 85.9 cm³/mol. The van der Waals surface area contributed by atoms with E-state index in [-0.39, 0.29) is 5.92 Å². The van der Waals surface area contributed by atoms with Crippen molar-refractivity contribution in [3.63, 3.8) is 0 Å². The van der Waals surface area contributed by atoms with Gasteiger partial charge in [0.05, 0.1) is 18.1 Å². The quantitative estimate of drug-likeness (QED) is 0.790. The second-order valence-electron chi connectivity index (χ2n) is 7.65. The number of hydrogen-bond donors (Lipinski definition) is 0. The number of methoxy groups -OCH3 is 1. The molecule has 3 nitrogen and oxygen atoms in total. The highest BCUT2D eigenvalue weighted by molar-refractivity contribution is 5.00. The molecule has 21 heavy (non-hydrogen) atoms. The molecule has 4 atom stereocenters. The van der Waals surface area contributed by atoms with Crippen molar-refractivity contribution in [2.24, 2.45) is 17.3 Å². The van der Waals surface area contributed by atoms with Crippen LogP contribution in [-0.4, -0.2) is 37.2 Å². The van der Waals surface area contributed by atoms with Crippen LogP contribution < -0.4 is 0 Å². The van der Waals surface area contributed by atoms with E-state index in [1.165, 1.54) is 32.1 Å². The molecule has 0 aromatic carbocycles. The summed E-state index contributed by atoms with van der Waals surface area (Å²) in [6.45, 7) is 9.25. The van der Waals surface area contributed by atoms with Crippen molar-refractivity contribution in [1.82, 2.24) is 4.90 Å². The number of piperidine rings is 1. The molecule has 0 radical (unpaired) electrons. The number of rotatable bonds is 4. The Bertz CT molecular complexity index is 374. The second kappa shape index (κ2) is 7.11. The first-order valence-electron chi connectivity index (χ1n) is 8.68.